The van der Waals surface area contributed by atoms with E-state index in [0.29, 0.717) is 0 Å². The molecule has 0 saturated carbocycles. The van der Waals surface area contributed by atoms with E-state index in [2.05, 4.69) is 94.1 Å². The summed E-state index contributed by atoms with van der Waals surface area (Å²) in [6.45, 7) is 0. The van der Waals surface area contributed by atoms with Crippen LogP contribution in [0.25, 0.3) is 55.0 Å². The summed E-state index contributed by atoms with van der Waals surface area (Å²) in [4.78, 5) is 0. The Labute approximate surface area is 208 Å². The molecule has 7 rings (SSSR count). The predicted octanol–water partition coefficient (Wildman–Crippen LogP) is 7.90. The minimum atomic E-state index is 0.838. The van der Waals surface area contributed by atoms with Crippen LogP contribution < -0.4 is 9.47 Å². The lowest BCUT2D eigenvalue weighted by Crippen LogP contribution is -1.96. The molecule has 0 fully saturated rings. The van der Waals surface area contributed by atoms with Crippen molar-refractivity contribution in [1.29, 1.82) is 0 Å². The first kappa shape index (κ1) is 20.7. The predicted molar refractivity (Wildman–Crippen MR) is 148 cm³/mol. The van der Waals surface area contributed by atoms with Crippen LogP contribution >= 0.6 is 0 Å². The highest BCUT2D eigenvalue weighted by Gasteiger charge is 2.18. The number of fused-ring (bicyclic) bond motifs is 6. The van der Waals surface area contributed by atoms with Crippen molar-refractivity contribution in [3.05, 3.63) is 109 Å². The standard InChI is InChI=1S/C32H24N2O2/c1-35-23-11-7-9-21(17-23)33-29-15-5-3-13-25(29)27-19-28-26-14-4-6-16-30(26)34(32(28)20-31(27)33)22-10-8-12-24(18-22)36-2/h3-20H,1-2H3. The van der Waals surface area contributed by atoms with Crippen LogP contribution in [0.5, 0.6) is 11.5 Å². The van der Waals surface area contributed by atoms with Crippen molar-refractivity contribution in [3.63, 3.8) is 0 Å². The van der Waals surface area contributed by atoms with Crippen LogP contribution in [0.15, 0.2) is 109 Å². The van der Waals surface area contributed by atoms with Gasteiger partial charge in [-0.25, -0.2) is 0 Å². The van der Waals surface area contributed by atoms with E-state index in [1.165, 1.54) is 32.6 Å². The Morgan fingerprint density at radius 3 is 1.36 bits per heavy atom. The van der Waals surface area contributed by atoms with Crippen LogP contribution in [0.4, 0.5) is 0 Å². The van der Waals surface area contributed by atoms with Gasteiger partial charge in [-0.1, -0.05) is 48.5 Å². The lowest BCUT2D eigenvalue weighted by atomic mass is 10.1. The lowest BCUT2D eigenvalue weighted by molar-refractivity contribution is 0.414. The number of hydrogen-bond acceptors (Lipinski definition) is 2. The topological polar surface area (TPSA) is 28.3 Å². The van der Waals surface area contributed by atoms with Gasteiger partial charge in [0, 0.05) is 45.1 Å². The van der Waals surface area contributed by atoms with Crippen molar-refractivity contribution in [3.8, 4) is 22.9 Å². The van der Waals surface area contributed by atoms with E-state index in [9.17, 15) is 0 Å². The number of rotatable bonds is 4. The summed E-state index contributed by atoms with van der Waals surface area (Å²) in [6, 6.07) is 38.4. The maximum absolute atomic E-state index is 5.56. The fraction of sp³-hybridized carbons (Fsp3) is 0.0625. The molecule has 0 atom stereocenters. The Morgan fingerprint density at radius 1 is 0.417 bits per heavy atom. The first-order valence-electron chi connectivity index (χ1n) is 12.0. The number of benzene rings is 5. The molecule has 174 valence electrons. The molecule has 0 radical (unpaired) electrons. The molecule has 5 aromatic carbocycles. The molecule has 0 amide bonds. The minimum Gasteiger partial charge on any atom is -0.497 e. The molecule has 0 aliphatic heterocycles. The van der Waals surface area contributed by atoms with Gasteiger partial charge >= 0.3 is 0 Å². The highest BCUT2D eigenvalue weighted by atomic mass is 16.5. The maximum atomic E-state index is 5.56. The highest BCUT2D eigenvalue weighted by Crippen LogP contribution is 2.40. The molecule has 4 heteroatoms. The van der Waals surface area contributed by atoms with Crippen molar-refractivity contribution in [2.24, 2.45) is 0 Å². The summed E-state index contributed by atoms with van der Waals surface area (Å²) in [5.41, 5.74) is 6.80. The molecule has 0 spiro atoms. The third kappa shape index (κ3) is 2.94. The van der Waals surface area contributed by atoms with Crippen molar-refractivity contribution in [1.82, 2.24) is 9.13 Å². The van der Waals surface area contributed by atoms with Crippen LogP contribution in [0.3, 0.4) is 0 Å². The van der Waals surface area contributed by atoms with Crippen molar-refractivity contribution >= 4 is 43.6 Å². The van der Waals surface area contributed by atoms with Gasteiger partial charge in [-0.05, 0) is 48.5 Å². The molecule has 4 nitrogen and oxygen atoms in total. The number of aromatic nitrogens is 2. The van der Waals surface area contributed by atoms with E-state index in [1.807, 2.05) is 24.3 Å². The summed E-state index contributed by atoms with van der Waals surface area (Å²) in [7, 11) is 3.42. The summed E-state index contributed by atoms with van der Waals surface area (Å²) in [6.07, 6.45) is 0. The third-order valence-corrected chi connectivity index (χ3v) is 7.09. The number of ether oxygens (including phenoxy) is 2. The van der Waals surface area contributed by atoms with Gasteiger partial charge in [-0.3, -0.25) is 0 Å². The van der Waals surface area contributed by atoms with Crippen LogP contribution in [0.2, 0.25) is 0 Å². The van der Waals surface area contributed by atoms with Gasteiger partial charge in [-0.2, -0.15) is 0 Å². The van der Waals surface area contributed by atoms with Crippen LogP contribution in [0.1, 0.15) is 0 Å². The molecule has 2 heterocycles. The molecule has 0 aliphatic carbocycles. The number of methoxy groups -OCH3 is 2. The van der Waals surface area contributed by atoms with Gasteiger partial charge in [0.2, 0.25) is 0 Å². The summed E-state index contributed by atoms with van der Waals surface area (Å²) in [5.74, 6) is 1.68. The maximum Gasteiger partial charge on any atom is 0.120 e. The second-order valence-electron chi connectivity index (χ2n) is 8.99. The fourth-order valence-electron chi connectivity index (χ4n) is 5.49. The molecular weight excluding hydrogens is 444 g/mol. The van der Waals surface area contributed by atoms with E-state index in [-0.39, 0.29) is 0 Å². The molecule has 36 heavy (non-hydrogen) atoms. The van der Waals surface area contributed by atoms with Gasteiger partial charge in [0.1, 0.15) is 11.5 Å². The zero-order valence-corrected chi connectivity index (χ0v) is 20.1. The summed E-state index contributed by atoms with van der Waals surface area (Å²) in [5, 5.41) is 4.93. The van der Waals surface area contributed by atoms with Gasteiger partial charge in [0.15, 0.2) is 0 Å². The number of nitrogens with zero attached hydrogens (tertiary/aromatic N) is 2. The summed E-state index contributed by atoms with van der Waals surface area (Å²) < 4.78 is 15.8. The van der Waals surface area contributed by atoms with Crippen molar-refractivity contribution in [2.75, 3.05) is 14.2 Å². The minimum absolute atomic E-state index is 0.838. The first-order valence-corrected chi connectivity index (χ1v) is 12.0. The van der Waals surface area contributed by atoms with E-state index in [4.69, 9.17) is 9.47 Å². The summed E-state index contributed by atoms with van der Waals surface area (Å²) >= 11 is 0. The average molecular weight is 469 g/mol. The smallest absolute Gasteiger partial charge is 0.120 e. The number of para-hydroxylation sites is 2. The Hall–Kier alpha value is -4.70. The largest absolute Gasteiger partial charge is 0.497 e. The van der Waals surface area contributed by atoms with E-state index < -0.39 is 0 Å². The van der Waals surface area contributed by atoms with E-state index in [1.54, 1.807) is 14.2 Å². The molecule has 0 N–H and O–H groups in total. The second kappa shape index (κ2) is 7.92. The third-order valence-electron chi connectivity index (χ3n) is 7.09. The van der Waals surface area contributed by atoms with Gasteiger partial charge in [0.25, 0.3) is 0 Å². The zero-order valence-electron chi connectivity index (χ0n) is 20.1. The Bertz CT molecular complexity index is 1790. The SMILES string of the molecule is COc1cccc(-n2c3ccccc3c3cc4c5ccccc5n(-c5cccc(OC)c5)c4cc32)c1. The normalized spacial score (nSPS) is 11.6. The molecule has 0 saturated heterocycles. The quantitative estimate of drug-likeness (QED) is 0.263. The molecule has 2 aromatic heterocycles. The fourth-order valence-corrected chi connectivity index (χ4v) is 5.49. The van der Waals surface area contributed by atoms with E-state index >= 15 is 0 Å². The Balaban J connectivity index is 1.65. The average Bonchev–Trinajstić information content (AvgIpc) is 3.44. The van der Waals surface area contributed by atoms with Crippen LogP contribution in [-0.2, 0) is 0 Å². The molecule has 7 aromatic rings. The van der Waals surface area contributed by atoms with Gasteiger partial charge < -0.3 is 18.6 Å². The van der Waals surface area contributed by atoms with Crippen molar-refractivity contribution in [2.45, 2.75) is 0 Å². The monoisotopic (exact) mass is 468 g/mol. The van der Waals surface area contributed by atoms with E-state index in [0.717, 1.165) is 33.9 Å². The zero-order chi connectivity index (χ0) is 24.2. The number of hydrogen-bond donors (Lipinski definition) is 0. The first-order chi connectivity index (χ1) is 17.8. The van der Waals surface area contributed by atoms with Gasteiger partial charge in [0.05, 0.1) is 36.3 Å². The Morgan fingerprint density at radius 2 is 0.889 bits per heavy atom. The van der Waals surface area contributed by atoms with Crippen molar-refractivity contribution < 1.29 is 9.47 Å². The molecule has 0 bridgehead atoms. The second-order valence-corrected chi connectivity index (χ2v) is 8.99. The Kier molecular flexibility index (Phi) is 4.55. The van der Waals surface area contributed by atoms with Gasteiger partial charge in [-0.15, -0.1) is 0 Å². The lowest BCUT2D eigenvalue weighted by Gasteiger charge is -2.11. The molecule has 0 aliphatic rings. The highest BCUT2D eigenvalue weighted by molar-refractivity contribution is 6.19. The van der Waals surface area contributed by atoms with Crippen LogP contribution in [0, 0.1) is 0 Å². The molecular formula is C32H24N2O2. The molecule has 0 unspecified atom stereocenters. The van der Waals surface area contributed by atoms with Crippen LogP contribution in [-0.4, -0.2) is 23.4 Å².